The first-order valence-corrected chi connectivity index (χ1v) is 9.81. The van der Waals surface area contributed by atoms with Crippen molar-refractivity contribution in [3.05, 3.63) is 72.6 Å². The van der Waals surface area contributed by atoms with Crippen molar-refractivity contribution in [3.8, 4) is 17.1 Å². The van der Waals surface area contributed by atoms with E-state index in [0.717, 1.165) is 6.26 Å². The Kier molecular flexibility index (Phi) is 5.85. The van der Waals surface area contributed by atoms with Gasteiger partial charge in [-0.15, -0.1) is 5.10 Å². The summed E-state index contributed by atoms with van der Waals surface area (Å²) in [5, 5.41) is 11.2. The number of halogens is 1. The molecule has 0 aliphatic heterocycles. The molecule has 0 aliphatic rings. The van der Waals surface area contributed by atoms with Crippen LogP contribution < -0.4 is 10.1 Å². The van der Waals surface area contributed by atoms with Crippen LogP contribution in [-0.4, -0.2) is 55.2 Å². The van der Waals surface area contributed by atoms with Crippen molar-refractivity contribution in [2.75, 3.05) is 19.4 Å². The molecule has 1 aromatic carbocycles. The highest BCUT2D eigenvalue weighted by Crippen LogP contribution is 2.23. The van der Waals surface area contributed by atoms with Crippen LogP contribution in [0, 0.1) is 0 Å². The van der Waals surface area contributed by atoms with Gasteiger partial charge in [-0.2, -0.15) is 5.10 Å². The third-order valence-corrected chi connectivity index (χ3v) is 4.73. The van der Waals surface area contributed by atoms with Gasteiger partial charge in [0.1, 0.15) is 24.0 Å². The van der Waals surface area contributed by atoms with E-state index in [4.69, 9.17) is 4.74 Å². The number of hydrogen-bond donors (Lipinski definition) is 1. The molecule has 0 saturated heterocycles. The van der Waals surface area contributed by atoms with Crippen LogP contribution in [0.3, 0.4) is 0 Å². The molecule has 4 aromatic rings. The molecule has 0 saturated carbocycles. The van der Waals surface area contributed by atoms with Gasteiger partial charge in [-0.1, -0.05) is 12.1 Å². The Hall–Kier alpha value is -4.54. The Morgan fingerprint density at radius 1 is 1.21 bits per heavy atom. The van der Waals surface area contributed by atoms with Gasteiger partial charge in [-0.3, -0.25) is 14.3 Å². The second-order valence-corrected chi connectivity index (χ2v) is 7.25. The summed E-state index contributed by atoms with van der Waals surface area (Å²) in [5.41, 5.74) is 2.00. The number of anilines is 1. The van der Waals surface area contributed by atoms with Crippen molar-refractivity contribution in [1.29, 1.82) is 0 Å². The summed E-state index contributed by atoms with van der Waals surface area (Å²) in [7, 11) is 4.80. The van der Waals surface area contributed by atoms with Crippen molar-refractivity contribution >= 4 is 23.1 Å². The third-order valence-electron chi connectivity index (χ3n) is 4.73. The monoisotopic (exact) mass is 449 g/mol. The van der Waals surface area contributed by atoms with Gasteiger partial charge < -0.3 is 15.0 Å². The highest BCUT2D eigenvalue weighted by molar-refractivity contribution is 6.11. The molecule has 11 heteroatoms. The first kappa shape index (κ1) is 21.7. The summed E-state index contributed by atoms with van der Waals surface area (Å²) in [4.78, 5) is 31.1. The molecule has 0 radical (unpaired) electrons. The Labute approximate surface area is 187 Å². The number of hydrogen-bond acceptors (Lipinski definition) is 6. The van der Waals surface area contributed by atoms with Gasteiger partial charge >= 0.3 is 0 Å². The number of ether oxygens (including phenoxy) is 1. The van der Waals surface area contributed by atoms with E-state index in [1.165, 1.54) is 15.8 Å². The average molecular weight is 449 g/mol. The minimum absolute atomic E-state index is 0.148. The van der Waals surface area contributed by atoms with Crippen LogP contribution in [0.25, 0.3) is 17.0 Å². The number of aryl methyl sites for hydroxylation is 1. The number of aromatic nitrogens is 5. The number of benzene rings is 1. The number of rotatable bonds is 6. The van der Waals surface area contributed by atoms with E-state index >= 15 is 0 Å². The Morgan fingerprint density at radius 2 is 2.03 bits per heavy atom. The van der Waals surface area contributed by atoms with Crippen LogP contribution in [0.15, 0.2) is 61.4 Å². The molecule has 33 heavy (non-hydrogen) atoms. The number of fused-ring (bicyclic) bond motifs is 1. The number of carbonyl (C=O) groups excluding carboxylic acids is 2. The fourth-order valence-electron chi connectivity index (χ4n) is 3.19. The Bertz CT molecular complexity index is 1370. The van der Waals surface area contributed by atoms with Crippen molar-refractivity contribution in [1.82, 2.24) is 29.3 Å². The first-order valence-electron chi connectivity index (χ1n) is 9.81. The molecule has 0 bridgehead atoms. The van der Waals surface area contributed by atoms with Crippen LogP contribution in [-0.2, 0) is 7.05 Å². The predicted molar refractivity (Wildman–Crippen MR) is 118 cm³/mol. The summed E-state index contributed by atoms with van der Waals surface area (Å²) in [5.74, 6) is 0.0696. The second-order valence-electron chi connectivity index (χ2n) is 7.25. The van der Waals surface area contributed by atoms with E-state index in [1.54, 1.807) is 68.3 Å². The third kappa shape index (κ3) is 4.42. The van der Waals surface area contributed by atoms with Crippen LogP contribution in [0.1, 0.15) is 20.8 Å². The Balaban J connectivity index is 1.60. The van der Waals surface area contributed by atoms with E-state index in [-0.39, 0.29) is 17.2 Å². The zero-order valence-electron chi connectivity index (χ0n) is 18.1. The van der Waals surface area contributed by atoms with E-state index < -0.39 is 5.91 Å². The van der Waals surface area contributed by atoms with E-state index in [2.05, 4.69) is 20.5 Å². The fraction of sp³-hybridized carbons (Fsp3) is 0.136. The normalized spacial score (nSPS) is 11.2. The molecular formula is C22H20FN7O3. The maximum absolute atomic E-state index is 12.9. The largest absolute Gasteiger partial charge is 0.463 e. The van der Waals surface area contributed by atoms with Crippen molar-refractivity contribution in [2.24, 2.45) is 7.05 Å². The standard InChI is InChI=1S/C22H20FN7O3/c1-28(2)22(32)17-13-24-29(3)19(17)21(31)25-15-7-9-30-18(12-15)26-20(27-30)14-5-4-6-16(11-14)33-10-8-23/h4-13H,1-3H3,(H,25,31)/b10-8+. The lowest BCUT2D eigenvalue weighted by Crippen LogP contribution is -2.26. The van der Waals surface area contributed by atoms with Gasteiger partial charge in [0.2, 0.25) is 0 Å². The van der Waals surface area contributed by atoms with E-state index in [0.29, 0.717) is 34.8 Å². The summed E-state index contributed by atoms with van der Waals surface area (Å²) in [6.45, 7) is 0. The number of pyridine rings is 1. The van der Waals surface area contributed by atoms with Crippen LogP contribution in [0.2, 0.25) is 0 Å². The van der Waals surface area contributed by atoms with Crippen molar-refractivity contribution in [3.63, 3.8) is 0 Å². The average Bonchev–Trinajstić information content (AvgIpc) is 3.40. The van der Waals surface area contributed by atoms with E-state index in [9.17, 15) is 14.0 Å². The molecule has 3 heterocycles. The lowest BCUT2D eigenvalue weighted by molar-refractivity contribution is 0.0821. The molecule has 0 atom stereocenters. The van der Waals surface area contributed by atoms with Crippen LogP contribution in [0.5, 0.6) is 5.75 Å². The lowest BCUT2D eigenvalue weighted by atomic mass is 10.2. The summed E-state index contributed by atoms with van der Waals surface area (Å²) in [6.07, 6.45) is 4.26. The molecule has 0 spiro atoms. The van der Waals surface area contributed by atoms with Gasteiger partial charge in [0.15, 0.2) is 11.5 Å². The lowest BCUT2D eigenvalue weighted by Gasteiger charge is -2.11. The van der Waals surface area contributed by atoms with E-state index in [1.807, 2.05) is 0 Å². The molecule has 1 N–H and O–H groups in total. The number of nitrogens with one attached hydrogen (secondary N) is 1. The van der Waals surface area contributed by atoms with Gasteiger partial charge in [0.25, 0.3) is 11.8 Å². The molecule has 4 rings (SSSR count). The van der Waals surface area contributed by atoms with Gasteiger partial charge in [-0.25, -0.2) is 13.9 Å². The predicted octanol–water partition coefficient (Wildman–Crippen LogP) is 2.90. The maximum Gasteiger partial charge on any atom is 0.274 e. The number of carbonyl (C=O) groups is 2. The molecule has 10 nitrogen and oxygen atoms in total. The Morgan fingerprint density at radius 3 is 2.79 bits per heavy atom. The molecule has 0 aliphatic carbocycles. The minimum Gasteiger partial charge on any atom is -0.463 e. The van der Waals surface area contributed by atoms with Crippen molar-refractivity contribution in [2.45, 2.75) is 0 Å². The quantitative estimate of drug-likeness (QED) is 0.454. The van der Waals surface area contributed by atoms with Crippen molar-refractivity contribution < 1.29 is 18.7 Å². The fourth-order valence-corrected chi connectivity index (χ4v) is 3.19. The van der Waals surface area contributed by atoms with Gasteiger partial charge in [-0.05, 0) is 18.2 Å². The number of nitrogens with zero attached hydrogens (tertiary/aromatic N) is 6. The molecule has 0 fully saturated rings. The molecule has 168 valence electrons. The zero-order valence-corrected chi connectivity index (χ0v) is 18.1. The molecule has 0 unspecified atom stereocenters. The topological polar surface area (TPSA) is 107 Å². The van der Waals surface area contributed by atoms with Crippen LogP contribution in [0.4, 0.5) is 10.1 Å². The molecular weight excluding hydrogens is 429 g/mol. The zero-order chi connectivity index (χ0) is 23.5. The second kappa shape index (κ2) is 8.91. The smallest absolute Gasteiger partial charge is 0.274 e. The summed E-state index contributed by atoms with van der Waals surface area (Å²) >= 11 is 0. The van der Waals surface area contributed by atoms with Crippen LogP contribution >= 0.6 is 0 Å². The summed E-state index contributed by atoms with van der Waals surface area (Å²) < 4.78 is 20.2. The number of amides is 2. The summed E-state index contributed by atoms with van der Waals surface area (Å²) in [6, 6.07) is 10.2. The maximum atomic E-state index is 12.9. The molecule has 3 aromatic heterocycles. The van der Waals surface area contributed by atoms with Gasteiger partial charge in [0.05, 0.1) is 11.8 Å². The highest BCUT2D eigenvalue weighted by Gasteiger charge is 2.23. The highest BCUT2D eigenvalue weighted by atomic mass is 19.1. The SMILES string of the molecule is CN(C)C(=O)c1cnn(C)c1C(=O)Nc1ccn2nc(-c3cccc(O/C=C/F)c3)nc2c1. The molecule has 2 amide bonds. The minimum atomic E-state index is -0.477. The first-order chi connectivity index (χ1) is 15.9. The van der Waals surface area contributed by atoms with Gasteiger partial charge in [0, 0.05) is 44.7 Å².